The maximum absolute atomic E-state index is 11.9. The minimum absolute atomic E-state index is 0.199. The van der Waals surface area contributed by atoms with Crippen molar-refractivity contribution in [1.29, 1.82) is 0 Å². The largest absolute Gasteiger partial charge is 0.469 e. The number of ether oxygens (including phenoxy) is 1. The summed E-state index contributed by atoms with van der Waals surface area (Å²) in [6.07, 6.45) is 0.627. The fraction of sp³-hybridized carbons (Fsp3) is 0.308. The van der Waals surface area contributed by atoms with Crippen molar-refractivity contribution in [2.45, 2.75) is 12.8 Å². The van der Waals surface area contributed by atoms with Gasteiger partial charge in [0.05, 0.1) is 23.4 Å². The first-order chi connectivity index (χ1) is 9.06. The molecule has 1 aromatic rings. The average molecular weight is 282 g/mol. The molecule has 2 rings (SSSR count). The van der Waals surface area contributed by atoms with E-state index in [0.29, 0.717) is 12.1 Å². The monoisotopic (exact) mass is 281 g/mol. The number of esters is 1. The van der Waals surface area contributed by atoms with Crippen molar-refractivity contribution >= 4 is 34.9 Å². The molecule has 0 aliphatic carbocycles. The SMILES string of the molecule is COC(=O)CCCN1C(=O)C(=O)c2c(Cl)cccc21. The number of methoxy groups -OCH3 is 1. The van der Waals surface area contributed by atoms with Gasteiger partial charge in [0, 0.05) is 13.0 Å². The summed E-state index contributed by atoms with van der Waals surface area (Å²) in [5, 5.41) is 0.270. The Morgan fingerprint density at radius 3 is 2.79 bits per heavy atom. The zero-order chi connectivity index (χ0) is 14.0. The normalized spacial score (nSPS) is 13.7. The third-order valence-electron chi connectivity index (χ3n) is 2.94. The van der Waals surface area contributed by atoms with Gasteiger partial charge in [0.15, 0.2) is 0 Å². The van der Waals surface area contributed by atoms with E-state index in [0.717, 1.165) is 0 Å². The number of hydrogen-bond donors (Lipinski definition) is 0. The number of carbonyl (C=O) groups is 3. The minimum Gasteiger partial charge on any atom is -0.469 e. The summed E-state index contributed by atoms with van der Waals surface area (Å²) in [4.78, 5) is 36.0. The molecule has 1 amide bonds. The van der Waals surface area contributed by atoms with E-state index >= 15 is 0 Å². The predicted octanol–water partition coefficient (Wildman–Crippen LogP) is 1.82. The number of Topliss-reactive ketones (excluding diaryl/α,β-unsaturated/α-hetero) is 1. The molecule has 0 aromatic heterocycles. The summed E-state index contributed by atoms with van der Waals surface area (Å²) >= 11 is 5.93. The summed E-state index contributed by atoms with van der Waals surface area (Å²) in [6.45, 7) is 0.285. The third kappa shape index (κ3) is 2.46. The van der Waals surface area contributed by atoms with Gasteiger partial charge in [-0.05, 0) is 18.6 Å². The van der Waals surface area contributed by atoms with Gasteiger partial charge < -0.3 is 9.64 Å². The molecular formula is C13H12ClNO4. The Kier molecular flexibility index (Phi) is 3.85. The molecular weight excluding hydrogens is 270 g/mol. The van der Waals surface area contributed by atoms with Crippen molar-refractivity contribution in [3.63, 3.8) is 0 Å². The van der Waals surface area contributed by atoms with E-state index in [1.54, 1.807) is 18.2 Å². The lowest BCUT2D eigenvalue weighted by Crippen LogP contribution is -2.31. The molecule has 0 fully saturated rings. The molecule has 0 radical (unpaired) electrons. The number of ketones is 1. The maximum Gasteiger partial charge on any atom is 0.305 e. The van der Waals surface area contributed by atoms with Gasteiger partial charge in [-0.3, -0.25) is 14.4 Å². The van der Waals surface area contributed by atoms with Crippen LogP contribution in [-0.4, -0.2) is 31.3 Å². The molecule has 1 aliphatic heterocycles. The Morgan fingerprint density at radius 1 is 1.37 bits per heavy atom. The molecule has 19 heavy (non-hydrogen) atoms. The van der Waals surface area contributed by atoms with Crippen molar-refractivity contribution < 1.29 is 19.1 Å². The van der Waals surface area contributed by atoms with Crippen molar-refractivity contribution in [3.8, 4) is 0 Å². The fourth-order valence-electron chi connectivity index (χ4n) is 2.01. The van der Waals surface area contributed by atoms with Crippen LogP contribution in [-0.2, 0) is 14.3 Å². The van der Waals surface area contributed by atoms with Gasteiger partial charge in [0.2, 0.25) is 0 Å². The number of fused-ring (bicyclic) bond motifs is 1. The van der Waals surface area contributed by atoms with Gasteiger partial charge in [-0.1, -0.05) is 17.7 Å². The molecule has 1 heterocycles. The molecule has 0 spiro atoms. The van der Waals surface area contributed by atoms with Gasteiger partial charge in [0.25, 0.3) is 11.7 Å². The Labute approximate surface area is 115 Å². The van der Waals surface area contributed by atoms with E-state index in [1.165, 1.54) is 12.0 Å². The number of halogens is 1. The first-order valence-electron chi connectivity index (χ1n) is 5.77. The third-order valence-corrected chi connectivity index (χ3v) is 3.25. The van der Waals surface area contributed by atoms with Crippen molar-refractivity contribution in [1.82, 2.24) is 0 Å². The van der Waals surface area contributed by atoms with Crippen molar-refractivity contribution in [2.75, 3.05) is 18.6 Å². The number of nitrogens with zero attached hydrogens (tertiary/aromatic N) is 1. The summed E-state index contributed by atoms with van der Waals surface area (Å²) in [6, 6.07) is 4.92. The van der Waals surface area contributed by atoms with E-state index in [2.05, 4.69) is 4.74 Å². The predicted molar refractivity (Wildman–Crippen MR) is 69.4 cm³/mol. The highest BCUT2D eigenvalue weighted by molar-refractivity contribution is 6.55. The van der Waals surface area contributed by atoms with E-state index in [4.69, 9.17) is 11.6 Å². The van der Waals surface area contributed by atoms with Crippen LogP contribution in [0.15, 0.2) is 18.2 Å². The van der Waals surface area contributed by atoms with E-state index in [1.807, 2.05) is 0 Å². The topological polar surface area (TPSA) is 63.7 Å². The minimum atomic E-state index is -0.604. The van der Waals surface area contributed by atoms with Crippen LogP contribution in [0, 0.1) is 0 Å². The number of amides is 1. The van der Waals surface area contributed by atoms with E-state index in [-0.39, 0.29) is 29.5 Å². The van der Waals surface area contributed by atoms with Gasteiger partial charge in [-0.2, -0.15) is 0 Å². The molecule has 5 nitrogen and oxygen atoms in total. The molecule has 1 aliphatic rings. The van der Waals surface area contributed by atoms with Crippen molar-refractivity contribution in [2.24, 2.45) is 0 Å². The number of carbonyl (C=O) groups excluding carboxylic acids is 3. The zero-order valence-corrected chi connectivity index (χ0v) is 11.1. The van der Waals surface area contributed by atoms with Crippen LogP contribution in [0.3, 0.4) is 0 Å². The highest BCUT2D eigenvalue weighted by Crippen LogP contribution is 2.34. The number of hydrogen-bond acceptors (Lipinski definition) is 4. The lowest BCUT2D eigenvalue weighted by atomic mass is 10.1. The summed E-state index contributed by atoms with van der Waals surface area (Å²) in [5.74, 6) is -1.55. The number of benzene rings is 1. The fourth-order valence-corrected chi connectivity index (χ4v) is 2.26. The van der Waals surface area contributed by atoms with E-state index < -0.39 is 11.7 Å². The highest BCUT2D eigenvalue weighted by atomic mass is 35.5. The van der Waals surface area contributed by atoms with Gasteiger partial charge in [0.1, 0.15) is 0 Å². The van der Waals surface area contributed by atoms with Crippen LogP contribution in [0.5, 0.6) is 0 Å². The Morgan fingerprint density at radius 2 is 2.11 bits per heavy atom. The molecule has 0 N–H and O–H groups in total. The molecule has 0 saturated heterocycles. The summed E-state index contributed by atoms with van der Waals surface area (Å²) < 4.78 is 4.52. The highest BCUT2D eigenvalue weighted by Gasteiger charge is 2.36. The molecule has 0 saturated carbocycles. The average Bonchev–Trinajstić information content (AvgIpc) is 2.64. The molecule has 0 unspecified atom stereocenters. The number of rotatable bonds is 4. The van der Waals surface area contributed by atoms with Crippen LogP contribution >= 0.6 is 11.6 Å². The van der Waals surface area contributed by atoms with Gasteiger partial charge >= 0.3 is 5.97 Å². The zero-order valence-electron chi connectivity index (χ0n) is 10.3. The molecule has 1 aromatic carbocycles. The van der Waals surface area contributed by atoms with Crippen LogP contribution in [0.4, 0.5) is 5.69 Å². The lowest BCUT2D eigenvalue weighted by molar-refractivity contribution is -0.140. The smallest absolute Gasteiger partial charge is 0.305 e. The molecule has 6 heteroatoms. The van der Waals surface area contributed by atoms with Crippen LogP contribution in [0.2, 0.25) is 5.02 Å². The Balaban J connectivity index is 2.15. The Hall–Kier alpha value is -1.88. The number of anilines is 1. The second-order valence-corrected chi connectivity index (χ2v) is 4.51. The second kappa shape index (κ2) is 5.40. The van der Waals surface area contributed by atoms with Gasteiger partial charge in [-0.15, -0.1) is 0 Å². The standard InChI is InChI=1S/C13H12ClNO4/c1-19-10(16)6-3-7-15-9-5-2-4-8(14)11(9)12(17)13(15)18/h2,4-5H,3,6-7H2,1H3. The second-order valence-electron chi connectivity index (χ2n) is 4.10. The van der Waals surface area contributed by atoms with Crippen LogP contribution < -0.4 is 4.90 Å². The lowest BCUT2D eigenvalue weighted by Gasteiger charge is -2.15. The van der Waals surface area contributed by atoms with Crippen molar-refractivity contribution in [3.05, 3.63) is 28.8 Å². The van der Waals surface area contributed by atoms with Crippen LogP contribution in [0.25, 0.3) is 0 Å². The molecule has 0 atom stereocenters. The molecule has 100 valence electrons. The van der Waals surface area contributed by atoms with Gasteiger partial charge in [-0.25, -0.2) is 0 Å². The maximum atomic E-state index is 11.9. The summed E-state index contributed by atoms with van der Waals surface area (Å²) in [5.41, 5.74) is 0.750. The van der Waals surface area contributed by atoms with Crippen LogP contribution in [0.1, 0.15) is 23.2 Å². The first-order valence-corrected chi connectivity index (χ1v) is 6.15. The molecule has 0 bridgehead atoms. The first kappa shape index (κ1) is 13.5. The Bertz CT molecular complexity index is 556. The quantitative estimate of drug-likeness (QED) is 0.624. The van der Waals surface area contributed by atoms with E-state index in [9.17, 15) is 14.4 Å². The summed E-state index contributed by atoms with van der Waals surface area (Å²) in [7, 11) is 1.31.